The van der Waals surface area contributed by atoms with Crippen molar-refractivity contribution in [3.8, 4) is 22.5 Å². The molecule has 5 aromatic rings. The second-order valence-electron chi connectivity index (χ2n) is 8.43. The van der Waals surface area contributed by atoms with E-state index in [1.165, 1.54) is 16.6 Å². The molecule has 0 bridgehead atoms. The summed E-state index contributed by atoms with van der Waals surface area (Å²) in [5.74, 6) is 1.79. The summed E-state index contributed by atoms with van der Waals surface area (Å²) >= 11 is 0. The third-order valence-corrected chi connectivity index (χ3v) is 6.12. The van der Waals surface area contributed by atoms with Crippen LogP contribution in [0.2, 0.25) is 0 Å². The zero-order valence-corrected chi connectivity index (χ0v) is 19.5. The fraction of sp³-hybridized carbons (Fsp3) is 0.259. The number of nitrogens with one attached hydrogen (secondary N) is 1. The molecule has 0 amide bonds. The summed E-state index contributed by atoms with van der Waals surface area (Å²) in [6.07, 6.45) is 3.23. The number of aryl methyl sites for hydroxylation is 1. The van der Waals surface area contributed by atoms with E-state index in [2.05, 4.69) is 80.6 Å². The number of methoxy groups -OCH3 is 1. The number of imidazole rings is 1. The molecular weight excluding hydrogens is 447 g/mol. The minimum absolute atomic E-state index is 0. The van der Waals surface area contributed by atoms with E-state index < -0.39 is 0 Å². The Kier molecular flexibility index (Phi) is 8.46. The molecule has 0 saturated carbocycles. The number of rotatable bonds is 9. The molecule has 1 N–H and O–H groups in total. The molecule has 8 heteroatoms. The van der Waals surface area contributed by atoms with E-state index in [1.54, 1.807) is 7.11 Å². The van der Waals surface area contributed by atoms with Gasteiger partial charge in [-0.3, -0.25) is 0 Å². The molecule has 35 heavy (non-hydrogen) atoms. The van der Waals surface area contributed by atoms with Crippen LogP contribution in [0.3, 0.4) is 0 Å². The van der Waals surface area contributed by atoms with Crippen LogP contribution in [0.25, 0.3) is 33.5 Å². The SMILES string of the molecule is CCCCc1nc2cccc(COC)c2n1Cc1ccc(-c2ccccc2-c2nnn[nH]2)cc1.[NaH]. The fourth-order valence-corrected chi connectivity index (χ4v) is 4.46. The van der Waals surface area contributed by atoms with Crippen LogP contribution < -0.4 is 0 Å². The number of fused-ring (bicyclic) bond motifs is 1. The Bertz CT molecular complexity index is 1380. The Labute approximate surface area is 227 Å². The Morgan fingerprint density at radius 1 is 0.943 bits per heavy atom. The van der Waals surface area contributed by atoms with Crippen molar-refractivity contribution < 1.29 is 4.74 Å². The average molecular weight is 477 g/mol. The molecule has 7 nitrogen and oxygen atoms in total. The quantitative estimate of drug-likeness (QED) is 0.310. The van der Waals surface area contributed by atoms with Crippen LogP contribution in [0, 0.1) is 0 Å². The summed E-state index contributed by atoms with van der Waals surface area (Å²) in [6, 6.07) is 23.2. The summed E-state index contributed by atoms with van der Waals surface area (Å²) in [5, 5.41) is 14.4. The van der Waals surface area contributed by atoms with Crippen LogP contribution in [-0.4, -0.2) is 66.8 Å². The first-order valence-corrected chi connectivity index (χ1v) is 11.7. The molecular formula is C27H29N6NaO. The van der Waals surface area contributed by atoms with Gasteiger partial charge >= 0.3 is 29.6 Å². The molecule has 3 aromatic carbocycles. The Morgan fingerprint density at radius 2 is 1.74 bits per heavy atom. The predicted molar refractivity (Wildman–Crippen MR) is 140 cm³/mol. The number of aromatic amines is 1. The summed E-state index contributed by atoms with van der Waals surface area (Å²) in [7, 11) is 1.74. The molecule has 0 atom stereocenters. The van der Waals surface area contributed by atoms with E-state index in [4.69, 9.17) is 9.72 Å². The summed E-state index contributed by atoms with van der Waals surface area (Å²) in [6.45, 7) is 3.56. The Morgan fingerprint density at radius 3 is 2.46 bits per heavy atom. The number of nitrogens with zero attached hydrogens (tertiary/aromatic N) is 5. The van der Waals surface area contributed by atoms with Crippen molar-refractivity contribution in [3.05, 3.63) is 83.7 Å². The number of hydrogen-bond donors (Lipinski definition) is 1. The van der Waals surface area contributed by atoms with Gasteiger partial charge in [0, 0.05) is 31.2 Å². The van der Waals surface area contributed by atoms with Gasteiger partial charge in [-0.05, 0) is 39.6 Å². The molecule has 2 heterocycles. The summed E-state index contributed by atoms with van der Waals surface area (Å²) < 4.78 is 7.84. The van der Waals surface area contributed by atoms with Crippen molar-refractivity contribution in [2.75, 3.05) is 7.11 Å². The first kappa shape index (κ1) is 25.3. The predicted octanol–water partition coefficient (Wildman–Crippen LogP) is 4.77. The van der Waals surface area contributed by atoms with E-state index in [0.29, 0.717) is 12.4 Å². The molecule has 0 spiro atoms. The minimum atomic E-state index is 0. The van der Waals surface area contributed by atoms with Crippen molar-refractivity contribution >= 4 is 40.6 Å². The van der Waals surface area contributed by atoms with Gasteiger partial charge in [0.25, 0.3) is 0 Å². The molecule has 174 valence electrons. The van der Waals surface area contributed by atoms with Gasteiger partial charge in [0.05, 0.1) is 17.6 Å². The first-order chi connectivity index (χ1) is 16.8. The first-order valence-electron chi connectivity index (χ1n) is 11.7. The molecule has 0 unspecified atom stereocenters. The number of H-pyrrole nitrogens is 1. The third kappa shape index (κ3) is 5.38. The van der Waals surface area contributed by atoms with E-state index >= 15 is 0 Å². The van der Waals surface area contributed by atoms with Gasteiger partial charge in [0.1, 0.15) is 5.82 Å². The normalized spacial score (nSPS) is 11.0. The van der Waals surface area contributed by atoms with Crippen molar-refractivity contribution in [1.29, 1.82) is 0 Å². The van der Waals surface area contributed by atoms with Gasteiger partial charge in [-0.25, -0.2) is 10.1 Å². The van der Waals surface area contributed by atoms with E-state index in [0.717, 1.165) is 53.8 Å². The zero-order chi connectivity index (χ0) is 23.3. The van der Waals surface area contributed by atoms with Crippen molar-refractivity contribution in [2.24, 2.45) is 0 Å². The number of benzene rings is 3. The zero-order valence-electron chi connectivity index (χ0n) is 19.5. The number of ether oxygens (including phenoxy) is 1. The third-order valence-electron chi connectivity index (χ3n) is 6.12. The van der Waals surface area contributed by atoms with Crippen molar-refractivity contribution in [1.82, 2.24) is 30.2 Å². The van der Waals surface area contributed by atoms with Crippen molar-refractivity contribution in [2.45, 2.75) is 39.3 Å². The molecule has 5 rings (SSSR count). The van der Waals surface area contributed by atoms with E-state index in [-0.39, 0.29) is 29.6 Å². The molecule has 0 aliphatic heterocycles. The average Bonchev–Trinajstić information content (AvgIpc) is 3.53. The summed E-state index contributed by atoms with van der Waals surface area (Å²) in [4.78, 5) is 4.98. The van der Waals surface area contributed by atoms with Gasteiger partial charge < -0.3 is 9.30 Å². The number of aromatic nitrogens is 6. The number of hydrogen-bond acceptors (Lipinski definition) is 5. The Hall–Kier alpha value is -2.84. The summed E-state index contributed by atoms with van der Waals surface area (Å²) in [5.41, 5.74) is 7.79. The van der Waals surface area contributed by atoms with Gasteiger partial charge in [-0.1, -0.05) is 74.0 Å². The van der Waals surface area contributed by atoms with Crippen LogP contribution in [0.5, 0.6) is 0 Å². The van der Waals surface area contributed by atoms with Crippen molar-refractivity contribution in [3.63, 3.8) is 0 Å². The number of unbranched alkanes of at least 4 members (excludes halogenated alkanes) is 1. The van der Waals surface area contributed by atoms with Crippen LogP contribution in [0.15, 0.2) is 66.7 Å². The molecule has 0 aliphatic rings. The van der Waals surface area contributed by atoms with Gasteiger partial charge in [0.2, 0.25) is 0 Å². The van der Waals surface area contributed by atoms with Gasteiger partial charge in [-0.15, -0.1) is 5.10 Å². The van der Waals surface area contributed by atoms with Gasteiger partial charge in [-0.2, -0.15) is 0 Å². The van der Waals surface area contributed by atoms with Crippen LogP contribution >= 0.6 is 0 Å². The fourth-order valence-electron chi connectivity index (χ4n) is 4.46. The number of tetrazole rings is 1. The molecule has 0 radical (unpaired) electrons. The molecule has 0 fully saturated rings. The van der Waals surface area contributed by atoms with Crippen LogP contribution in [0.1, 0.15) is 36.7 Å². The topological polar surface area (TPSA) is 81.5 Å². The van der Waals surface area contributed by atoms with Crippen LogP contribution in [0.4, 0.5) is 0 Å². The van der Waals surface area contributed by atoms with E-state index in [1.807, 2.05) is 18.2 Å². The Balaban J connectivity index is 0.00000289. The van der Waals surface area contributed by atoms with Crippen LogP contribution in [-0.2, 0) is 24.3 Å². The number of para-hydroxylation sites is 1. The second-order valence-corrected chi connectivity index (χ2v) is 8.43. The molecule has 0 saturated heterocycles. The monoisotopic (exact) mass is 476 g/mol. The standard InChI is InChI=1S/C27H28N6O.Na.H/c1-3-4-12-25-28-24-11-7-8-21(18-34-2)26(24)33(25)17-19-13-15-20(16-14-19)22-9-5-6-10-23(22)27-29-31-32-30-27;;/h5-11,13-16H,3-4,12,17-18H2,1-2H3,(H,29,30,31,32);;. The van der Waals surface area contributed by atoms with E-state index in [9.17, 15) is 0 Å². The van der Waals surface area contributed by atoms with Gasteiger partial charge in [0.15, 0.2) is 5.82 Å². The maximum atomic E-state index is 5.48. The molecule has 2 aromatic heterocycles. The maximum absolute atomic E-state index is 5.48. The second kappa shape index (κ2) is 11.7. The molecule has 0 aliphatic carbocycles.